The van der Waals surface area contributed by atoms with Gasteiger partial charge in [0, 0.05) is 22.5 Å². The zero-order chi connectivity index (χ0) is 54.8. The van der Waals surface area contributed by atoms with Gasteiger partial charge in [0.15, 0.2) is 25.7 Å². The van der Waals surface area contributed by atoms with Crippen molar-refractivity contribution >= 4 is 86.2 Å². The normalized spacial score (nSPS) is 13.3. The van der Waals surface area contributed by atoms with E-state index in [2.05, 4.69) is 75.9 Å². The van der Waals surface area contributed by atoms with Gasteiger partial charge in [0.05, 0.1) is 35.4 Å². The second-order valence-corrected chi connectivity index (χ2v) is 30.2. The minimum atomic E-state index is -2.37. The third kappa shape index (κ3) is 15.4. The van der Waals surface area contributed by atoms with Gasteiger partial charge in [0.1, 0.15) is 17.8 Å². The molecule has 2 unspecified atom stereocenters. The van der Waals surface area contributed by atoms with Gasteiger partial charge < -0.3 is 29.7 Å². The van der Waals surface area contributed by atoms with Crippen molar-refractivity contribution in [2.24, 2.45) is 0 Å². The summed E-state index contributed by atoms with van der Waals surface area (Å²) in [5.74, 6) is -4.90. The van der Waals surface area contributed by atoms with Gasteiger partial charge in [0.25, 0.3) is 31.9 Å². The number of carbonyl (C=O) groups excluding carboxylic acids is 4. The zero-order valence-corrected chi connectivity index (χ0v) is 46.3. The SMILES string of the molecule is [C-]#[N+]c1ccc(NC(C(=O)NNC(=O)c2ccc(F)c(O)c2)[C@H](C)O)c(C)c1Cl.[C-]#[N+]c1ccc(NC(C(=O)NNC(=O)c2ccc(F)c(O[Si](C)(C)C(C)(C)C)c2)[C@H](C)O[Si](C)(C)C(C)(C)C)c(C)c1Cl. The minimum Gasteiger partial charge on any atom is -0.542 e. The lowest BCUT2D eigenvalue weighted by molar-refractivity contribution is -0.125. The maximum atomic E-state index is 14.6. The highest BCUT2D eigenvalue weighted by Crippen LogP contribution is 2.40. The van der Waals surface area contributed by atoms with Crippen molar-refractivity contribution < 1.29 is 47.0 Å². The smallest absolute Gasteiger partial charge is 0.269 e. The monoisotopic (exact) mass is 1070 g/mol. The molecule has 388 valence electrons. The van der Waals surface area contributed by atoms with Gasteiger partial charge in [-0.15, -0.1) is 0 Å². The largest absolute Gasteiger partial charge is 0.542 e. The van der Waals surface area contributed by atoms with E-state index in [1.807, 2.05) is 33.9 Å². The van der Waals surface area contributed by atoms with Crippen LogP contribution in [0.2, 0.25) is 46.3 Å². The van der Waals surface area contributed by atoms with Crippen LogP contribution >= 0.6 is 23.2 Å². The predicted octanol–water partition coefficient (Wildman–Crippen LogP) is 11.0. The Hall–Kier alpha value is -6.27. The third-order valence-corrected chi connectivity index (χ3v) is 22.4. The first kappa shape index (κ1) is 60.0. The van der Waals surface area contributed by atoms with Crippen LogP contribution in [0.5, 0.6) is 11.5 Å². The van der Waals surface area contributed by atoms with Crippen LogP contribution in [0.1, 0.15) is 87.2 Å². The number of halogens is 4. The Morgan fingerprint density at radius 3 is 1.49 bits per heavy atom. The summed E-state index contributed by atoms with van der Waals surface area (Å²) in [6, 6.07) is 11.0. The minimum absolute atomic E-state index is 0.00304. The average molecular weight is 1070 g/mol. The van der Waals surface area contributed by atoms with Gasteiger partial charge in [-0.1, -0.05) is 76.9 Å². The van der Waals surface area contributed by atoms with Crippen LogP contribution < -0.4 is 36.8 Å². The third-order valence-electron chi connectivity index (χ3n) is 12.6. The first-order valence-corrected chi connectivity index (χ1v) is 29.1. The number of aliphatic hydroxyl groups is 1. The Bertz CT molecular complexity index is 2760. The van der Waals surface area contributed by atoms with Crippen LogP contribution in [0.25, 0.3) is 9.69 Å². The number of hydrogen-bond acceptors (Lipinski definition) is 10. The van der Waals surface area contributed by atoms with Crippen molar-refractivity contribution in [1.82, 2.24) is 21.7 Å². The Morgan fingerprint density at radius 1 is 0.653 bits per heavy atom. The number of anilines is 2. The average Bonchev–Trinajstić information content (AvgIpc) is 3.28. The van der Waals surface area contributed by atoms with Crippen molar-refractivity contribution in [1.29, 1.82) is 0 Å². The van der Waals surface area contributed by atoms with E-state index in [0.717, 1.165) is 18.2 Å². The maximum absolute atomic E-state index is 14.6. The number of aliphatic hydroxyl groups excluding tert-OH is 1. The van der Waals surface area contributed by atoms with E-state index < -0.39 is 81.9 Å². The molecule has 0 saturated heterocycles. The molecular weight excluding hydrogens is 1010 g/mol. The number of hydrogen-bond donors (Lipinski definition) is 8. The second kappa shape index (κ2) is 24.4. The van der Waals surface area contributed by atoms with Gasteiger partial charge in [-0.3, -0.25) is 40.9 Å². The predicted molar refractivity (Wildman–Crippen MR) is 283 cm³/mol. The molecule has 0 saturated carbocycles. The maximum Gasteiger partial charge on any atom is 0.269 e. The van der Waals surface area contributed by atoms with E-state index >= 15 is 0 Å². The Morgan fingerprint density at radius 2 is 1.07 bits per heavy atom. The number of rotatable bonds is 14. The van der Waals surface area contributed by atoms with Crippen LogP contribution in [-0.4, -0.2) is 74.8 Å². The topological polar surface area (TPSA) is 208 Å². The quantitative estimate of drug-likeness (QED) is 0.0340. The lowest BCUT2D eigenvalue weighted by Crippen LogP contribution is -2.55. The second-order valence-electron chi connectivity index (χ2n) is 20.0. The van der Waals surface area contributed by atoms with Crippen LogP contribution in [0.15, 0.2) is 60.7 Å². The first-order valence-electron chi connectivity index (χ1n) is 22.6. The fourth-order valence-electron chi connectivity index (χ4n) is 6.01. The van der Waals surface area contributed by atoms with Crippen LogP contribution in [-0.2, 0) is 14.0 Å². The van der Waals surface area contributed by atoms with E-state index in [1.54, 1.807) is 39.0 Å². The molecular formula is C50H64Cl2F2N8O8Si2. The Labute approximate surface area is 432 Å². The van der Waals surface area contributed by atoms with Crippen molar-refractivity contribution in [3.05, 3.63) is 127 Å². The summed E-state index contributed by atoms with van der Waals surface area (Å²) >= 11 is 12.5. The summed E-state index contributed by atoms with van der Waals surface area (Å²) in [4.78, 5) is 57.8. The lowest BCUT2D eigenvalue weighted by Gasteiger charge is -2.40. The summed E-state index contributed by atoms with van der Waals surface area (Å²) < 4.78 is 40.4. The number of amides is 4. The number of hydrazine groups is 2. The van der Waals surface area contributed by atoms with Gasteiger partial charge in [0.2, 0.25) is 11.4 Å². The number of nitrogens with one attached hydrogen (secondary N) is 6. The molecule has 72 heavy (non-hydrogen) atoms. The van der Waals surface area contributed by atoms with E-state index in [1.165, 1.54) is 31.2 Å². The number of carbonyl (C=O) groups is 4. The van der Waals surface area contributed by atoms with Gasteiger partial charge >= 0.3 is 0 Å². The molecule has 0 aromatic heterocycles. The summed E-state index contributed by atoms with van der Waals surface area (Å²) in [6.07, 6.45) is -1.76. The molecule has 0 aliphatic rings. The molecule has 8 N–H and O–H groups in total. The molecule has 0 fully saturated rings. The molecule has 0 spiro atoms. The highest BCUT2D eigenvalue weighted by atomic mass is 35.5. The van der Waals surface area contributed by atoms with E-state index in [4.69, 9.17) is 45.2 Å². The van der Waals surface area contributed by atoms with Crippen LogP contribution in [0.3, 0.4) is 0 Å². The van der Waals surface area contributed by atoms with Gasteiger partial charge in [-0.2, -0.15) is 0 Å². The van der Waals surface area contributed by atoms with E-state index in [-0.39, 0.29) is 42.7 Å². The van der Waals surface area contributed by atoms with Gasteiger partial charge in [-0.05, 0) is 124 Å². The summed E-state index contributed by atoms with van der Waals surface area (Å²) in [5.41, 5.74) is 11.9. The highest BCUT2D eigenvalue weighted by Gasteiger charge is 2.42. The molecule has 4 amide bonds. The zero-order valence-electron chi connectivity index (χ0n) is 42.8. The first-order chi connectivity index (χ1) is 33.2. The number of phenols is 1. The summed E-state index contributed by atoms with van der Waals surface area (Å²) in [5, 5.41) is 25.6. The Balaban J connectivity index is 0.000000410. The molecule has 0 aliphatic heterocycles. The molecule has 0 heterocycles. The molecule has 0 aliphatic carbocycles. The lowest BCUT2D eigenvalue weighted by atomic mass is 10.1. The number of aromatic hydroxyl groups is 1. The molecule has 4 rings (SSSR count). The van der Waals surface area contributed by atoms with Crippen molar-refractivity contribution in [3.63, 3.8) is 0 Å². The van der Waals surface area contributed by atoms with E-state index in [9.17, 15) is 38.2 Å². The summed E-state index contributed by atoms with van der Waals surface area (Å²) in [7, 11) is -4.67. The molecule has 16 nitrogen and oxygen atoms in total. The van der Waals surface area contributed by atoms with Crippen LogP contribution in [0.4, 0.5) is 31.5 Å². The molecule has 4 aromatic carbocycles. The van der Waals surface area contributed by atoms with Gasteiger partial charge in [-0.25, -0.2) is 18.5 Å². The highest BCUT2D eigenvalue weighted by molar-refractivity contribution is 6.75. The Kier molecular flexibility index (Phi) is 20.4. The van der Waals surface area contributed by atoms with Crippen molar-refractivity contribution in [3.8, 4) is 11.5 Å². The molecule has 22 heteroatoms. The number of benzene rings is 4. The number of phenolic OH excluding ortho intramolecular Hbond substituents is 1. The standard InChI is InChI=1S/C31H46ClFN4O4Si2.C19H18ClFN4O4/c1-19-23(16-17-24(34-9)26(19)32)35-27(20(2)40-42(10,11)30(3,4)5)29(39)37-36-28(38)21-14-15-22(33)25(18-21)41-43(12,13)31(6,7)8;1-9-13(6-7-14(22-3)16(9)20)23-17(10(2)26)19(29)25-24-18(28)11-4-5-12(21)15(27)8-11/h14-18,20,27,35H,1-8,10-13H3,(H,36,38)(H,37,39);4-8,10,17,23,26-27H,1-2H3,(H,24,28)(H,25,29)/t20-,27?;10-,17?/m00/s1. The fraction of sp³-hybridized carbons (Fsp3) is 0.400. The van der Waals surface area contributed by atoms with Crippen molar-refractivity contribution in [2.45, 2.75) is 130 Å². The molecule has 4 atom stereocenters. The van der Waals surface area contributed by atoms with E-state index in [0.29, 0.717) is 28.2 Å². The van der Waals surface area contributed by atoms with Crippen molar-refractivity contribution in [2.75, 3.05) is 10.6 Å². The number of nitrogens with zero attached hydrogens (tertiary/aromatic N) is 2. The molecule has 0 radical (unpaired) electrons. The summed E-state index contributed by atoms with van der Waals surface area (Å²) in [6.45, 7) is 41.6. The molecule has 0 bridgehead atoms. The molecule has 4 aromatic rings. The fourth-order valence-corrected chi connectivity index (χ4v) is 8.86. The van der Waals surface area contributed by atoms with Crippen LogP contribution in [0, 0.1) is 38.6 Å².